The Bertz CT molecular complexity index is 619. The van der Waals surface area contributed by atoms with Crippen LogP contribution in [0.15, 0.2) is 48.6 Å². The van der Waals surface area contributed by atoms with Crippen molar-refractivity contribution in [1.82, 2.24) is 5.32 Å². The van der Waals surface area contributed by atoms with Crippen LogP contribution < -0.4 is 5.32 Å². The van der Waals surface area contributed by atoms with Crippen molar-refractivity contribution in [3.05, 3.63) is 74.1 Å². The number of hydrogen-bond acceptors (Lipinski definition) is 3. The van der Waals surface area contributed by atoms with Crippen molar-refractivity contribution in [2.45, 2.75) is 25.2 Å². The fourth-order valence-electron chi connectivity index (χ4n) is 3.12. The predicted octanol–water partition coefficient (Wildman–Crippen LogP) is 2.88. The topological polar surface area (TPSA) is 90.2 Å². The molecule has 2 heterocycles. The van der Waals surface area contributed by atoms with Gasteiger partial charge in [-0.3, -0.25) is 0 Å². The maximum Gasteiger partial charge on any atom is 0 e. The van der Waals surface area contributed by atoms with Gasteiger partial charge in [0.15, 0.2) is 5.79 Å². The number of nitrogens with one attached hydrogen (secondary N) is 1. The van der Waals surface area contributed by atoms with Gasteiger partial charge in [-0.2, -0.15) is 0 Å². The molecule has 2 fully saturated rings. The van der Waals surface area contributed by atoms with Crippen molar-refractivity contribution < 1.29 is 40.5 Å². The van der Waals surface area contributed by atoms with Crippen LogP contribution >= 0.6 is 0 Å². The fraction of sp³-hybridized carbons (Fsp3) is 0.381. The van der Waals surface area contributed by atoms with Crippen LogP contribution in [-0.4, -0.2) is 31.6 Å². The second-order valence-electron chi connectivity index (χ2n) is 5.68. The molecule has 0 bridgehead atoms. The molecular weight excluding hydrogens is 402 g/mol. The summed E-state index contributed by atoms with van der Waals surface area (Å²) in [5, 5.41) is 3.54. The van der Waals surface area contributed by atoms with E-state index in [2.05, 4.69) is 68.6 Å². The van der Waals surface area contributed by atoms with Gasteiger partial charge in [-0.15, -0.1) is 0 Å². The van der Waals surface area contributed by atoms with E-state index < -0.39 is 0 Å². The van der Waals surface area contributed by atoms with E-state index in [1.807, 2.05) is 18.2 Å². The first kappa shape index (κ1) is 28.5. The first-order valence-electron chi connectivity index (χ1n) is 8.33. The average Bonchev–Trinajstić information content (AvgIpc) is 3.23. The maximum atomic E-state index is 7.50. The number of piperidine rings is 1. The Morgan fingerprint density at radius 2 is 1.57 bits per heavy atom. The van der Waals surface area contributed by atoms with Crippen molar-refractivity contribution in [3.8, 4) is 0 Å². The van der Waals surface area contributed by atoms with Gasteiger partial charge < -0.3 is 14.8 Å². The van der Waals surface area contributed by atoms with Gasteiger partial charge in [0, 0.05) is 42.0 Å². The van der Waals surface area contributed by atoms with Crippen molar-refractivity contribution in [3.63, 3.8) is 0 Å². The van der Waals surface area contributed by atoms with Crippen LogP contribution in [0, 0.1) is 25.9 Å². The van der Waals surface area contributed by atoms with E-state index in [0.717, 1.165) is 13.0 Å². The number of rotatable bonds is 3. The zero-order chi connectivity index (χ0) is 20.5. The molecule has 2 unspecified atom stereocenters. The summed E-state index contributed by atoms with van der Waals surface area (Å²) >= 11 is 0. The summed E-state index contributed by atoms with van der Waals surface area (Å²) in [4.78, 5) is 0. The summed E-state index contributed by atoms with van der Waals surface area (Å²) in [6.07, 6.45) is 9.44. The molecule has 1 aromatic carbocycles. The van der Waals surface area contributed by atoms with E-state index in [-0.39, 0.29) is 28.9 Å². The van der Waals surface area contributed by atoms with Crippen molar-refractivity contribution in [2.75, 3.05) is 19.8 Å². The predicted molar refractivity (Wildman–Crippen MR) is 96.6 cm³/mol. The normalized spacial score (nSPS) is 21.8. The standard InChI is InChI=1S/C18H23NO2.3CO.Fe/c1-15-17(19-12-11-18(15)20-13-14-21-18)10-6-5-9-16-7-3-2-4-8-16;3*1-2;/h2-10,15,17,19H,11-14H2,1H3;;;;/b9-5+,10-6+;;;;. The van der Waals surface area contributed by atoms with Crippen LogP contribution in [0.3, 0.4) is 0 Å². The third kappa shape index (κ3) is 8.55. The van der Waals surface area contributed by atoms with Crippen molar-refractivity contribution in [1.29, 1.82) is 0 Å². The molecule has 0 radical (unpaired) electrons. The largest absolute Gasteiger partial charge is 0 e. The minimum atomic E-state index is -0.372. The van der Waals surface area contributed by atoms with E-state index in [1.54, 1.807) is 0 Å². The molecule has 0 aromatic heterocycles. The molecule has 150 valence electrons. The number of hydrogen-bond donors (Lipinski definition) is 1. The quantitative estimate of drug-likeness (QED) is 0.350. The van der Waals surface area contributed by atoms with Gasteiger partial charge in [-0.1, -0.05) is 61.6 Å². The van der Waals surface area contributed by atoms with Crippen LogP contribution in [-0.2, 0) is 40.5 Å². The van der Waals surface area contributed by atoms with E-state index in [1.165, 1.54) is 5.56 Å². The molecule has 28 heavy (non-hydrogen) atoms. The molecule has 2 aliphatic heterocycles. The molecule has 1 aromatic rings. The number of allylic oxidation sites excluding steroid dienone is 2. The van der Waals surface area contributed by atoms with E-state index in [0.29, 0.717) is 19.1 Å². The first-order chi connectivity index (χ1) is 13.3. The summed E-state index contributed by atoms with van der Waals surface area (Å²) in [7, 11) is 0. The van der Waals surface area contributed by atoms with Crippen LogP contribution in [0.25, 0.3) is 6.08 Å². The van der Waals surface area contributed by atoms with E-state index >= 15 is 0 Å². The molecule has 0 amide bonds. The molecule has 0 aliphatic carbocycles. The molecule has 2 saturated heterocycles. The summed E-state index contributed by atoms with van der Waals surface area (Å²) in [5.41, 5.74) is 1.21. The van der Waals surface area contributed by atoms with Gasteiger partial charge in [0.1, 0.15) is 0 Å². The van der Waals surface area contributed by atoms with Crippen LogP contribution in [0.1, 0.15) is 18.9 Å². The number of ether oxygens (including phenoxy) is 2. The SMILES string of the molecule is CC1C(/C=C/C=C/c2ccccc2)NCCC12OCCO2.[C-]#[O+].[C-]#[O+].[C-]#[O+].[Fe]. The Morgan fingerprint density at radius 3 is 2.14 bits per heavy atom. The molecule has 7 heteroatoms. The Kier molecular flexibility index (Phi) is 17.7. The summed E-state index contributed by atoms with van der Waals surface area (Å²) in [5.74, 6) is -0.0567. The zero-order valence-electron chi connectivity index (χ0n) is 15.6. The Balaban J connectivity index is 0. The van der Waals surface area contributed by atoms with Crippen molar-refractivity contribution in [2.24, 2.45) is 5.92 Å². The van der Waals surface area contributed by atoms with Gasteiger partial charge in [0.25, 0.3) is 0 Å². The van der Waals surface area contributed by atoms with Crippen LogP contribution in [0.4, 0.5) is 0 Å². The summed E-state index contributed by atoms with van der Waals surface area (Å²) in [6, 6.07) is 10.6. The van der Waals surface area contributed by atoms with Gasteiger partial charge in [0.2, 0.25) is 0 Å². The second-order valence-corrected chi connectivity index (χ2v) is 5.68. The zero-order valence-corrected chi connectivity index (χ0v) is 16.7. The van der Waals surface area contributed by atoms with Gasteiger partial charge in [-0.25, -0.2) is 0 Å². The average molecular weight is 425 g/mol. The molecule has 1 N–H and O–H groups in total. The monoisotopic (exact) mass is 425 g/mol. The third-order valence-corrected chi connectivity index (χ3v) is 4.38. The van der Waals surface area contributed by atoms with E-state index in [4.69, 9.17) is 23.4 Å². The Morgan fingerprint density at radius 1 is 1.00 bits per heavy atom. The molecular formula is C21H23FeNO5. The molecule has 3 rings (SSSR count). The molecule has 1 spiro atoms. The van der Waals surface area contributed by atoms with E-state index in [9.17, 15) is 0 Å². The molecule has 2 aliphatic rings. The van der Waals surface area contributed by atoms with Gasteiger partial charge >= 0.3 is 33.9 Å². The smallest absolute Gasteiger partial charge is 0 e. The summed E-state index contributed by atoms with van der Waals surface area (Å²) < 4.78 is 34.3. The Hall–Kier alpha value is -1.68. The van der Waals surface area contributed by atoms with Gasteiger partial charge in [0.05, 0.1) is 13.2 Å². The Labute approximate surface area is 177 Å². The molecule has 6 nitrogen and oxygen atoms in total. The molecule has 2 atom stereocenters. The molecule has 0 saturated carbocycles. The number of benzene rings is 1. The maximum absolute atomic E-state index is 7.50. The first-order valence-corrected chi connectivity index (χ1v) is 8.33. The summed E-state index contributed by atoms with van der Waals surface area (Å²) in [6.45, 7) is 18.1. The minimum Gasteiger partial charge on any atom is 0 e. The van der Waals surface area contributed by atoms with Crippen molar-refractivity contribution >= 4 is 6.08 Å². The van der Waals surface area contributed by atoms with Gasteiger partial charge in [-0.05, 0) is 5.56 Å². The second kappa shape index (κ2) is 17.4. The third-order valence-electron chi connectivity index (χ3n) is 4.38. The minimum absolute atomic E-state index is 0. The fourth-order valence-corrected chi connectivity index (χ4v) is 3.12. The van der Waals surface area contributed by atoms with Crippen LogP contribution in [0.5, 0.6) is 0 Å². The van der Waals surface area contributed by atoms with Crippen LogP contribution in [0.2, 0.25) is 0 Å².